The van der Waals surface area contributed by atoms with Gasteiger partial charge in [0.2, 0.25) is 0 Å². The average molecular weight is 293 g/mol. The van der Waals surface area contributed by atoms with Gasteiger partial charge in [-0.05, 0) is 44.1 Å². The highest BCUT2D eigenvalue weighted by Gasteiger charge is 2.37. The van der Waals surface area contributed by atoms with E-state index in [1.165, 1.54) is 54.5 Å². The van der Waals surface area contributed by atoms with Crippen molar-refractivity contribution in [3.8, 4) is 0 Å². The van der Waals surface area contributed by atoms with Crippen LogP contribution in [-0.2, 0) is 13.0 Å². The fourth-order valence-electron chi connectivity index (χ4n) is 3.69. The standard InChI is InChI=1S/C16H27N3S/c1-3-8-17-9-15-14(4-2)18-16(20-15)19-10-12-6-5-7-13(12)11-19/h12-13,17H,3-11H2,1-2H3. The molecule has 1 aromatic rings. The van der Waals surface area contributed by atoms with Gasteiger partial charge in [0.05, 0.1) is 5.69 Å². The van der Waals surface area contributed by atoms with Gasteiger partial charge in [-0.1, -0.05) is 20.3 Å². The molecule has 0 aromatic carbocycles. The minimum absolute atomic E-state index is 0.950. The molecule has 3 nitrogen and oxygen atoms in total. The summed E-state index contributed by atoms with van der Waals surface area (Å²) in [5.74, 6) is 1.90. The number of hydrogen-bond donors (Lipinski definition) is 1. The maximum absolute atomic E-state index is 4.92. The number of anilines is 1. The van der Waals surface area contributed by atoms with E-state index in [1.807, 2.05) is 11.3 Å². The molecule has 112 valence electrons. The maximum Gasteiger partial charge on any atom is 0.185 e. The van der Waals surface area contributed by atoms with Gasteiger partial charge in [0.1, 0.15) is 0 Å². The first-order chi connectivity index (χ1) is 9.81. The van der Waals surface area contributed by atoms with E-state index in [0.717, 1.165) is 31.3 Å². The quantitative estimate of drug-likeness (QED) is 0.814. The maximum atomic E-state index is 4.92. The summed E-state index contributed by atoms with van der Waals surface area (Å²) in [4.78, 5) is 8.93. The SMILES string of the molecule is CCCNCc1sc(N2CC3CCCC3C2)nc1CC. The normalized spacial score (nSPS) is 25.4. The lowest BCUT2D eigenvalue weighted by molar-refractivity contribution is 0.494. The third kappa shape index (κ3) is 2.86. The summed E-state index contributed by atoms with van der Waals surface area (Å²) in [6, 6.07) is 0. The number of thiazole rings is 1. The lowest BCUT2D eigenvalue weighted by Crippen LogP contribution is -2.20. The molecule has 4 heteroatoms. The minimum atomic E-state index is 0.950. The number of hydrogen-bond acceptors (Lipinski definition) is 4. The topological polar surface area (TPSA) is 28.2 Å². The van der Waals surface area contributed by atoms with Crippen molar-refractivity contribution in [1.82, 2.24) is 10.3 Å². The Morgan fingerprint density at radius 1 is 1.25 bits per heavy atom. The minimum Gasteiger partial charge on any atom is -0.348 e. The average Bonchev–Trinajstić information content (AvgIpc) is 3.11. The van der Waals surface area contributed by atoms with Crippen LogP contribution in [0.4, 0.5) is 5.13 Å². The number of aromatic nitrogens is 1. The molecule has 1 aliphatic carbocycles. The van der Waals surface area contributed by atoms with E-state index in [0.29, 0.717) is 0 Å². The van der Waals surface area contributed by atoms with Crippen LogP contribution in [0.2, 0.25) is 0 Å². The van der Waals surface area contributed by atoms with Gasteiger partial charge in [0.15, 0.2) is 5.13 Å². The first-order valence-electron chi connectivity index (χ1n) is 8.26. The Kier molecular flexibility index (Phi) is 4.61. The smallest absolute Gasteiger partial charge is 0.185 e. The van der Waals surface area contributed by atoms with Crippen LogP contribution in [0.3, 0.4) is 0 Å². The molecule has 2 atom stereocenters. The van der Waals surface area contributed by atoms with Crippen molar-refractivity contribution < 1.29 is 0 Å². The lowest BCUT2D eigenvalue weighted by Gasteiger charge is -2.15. The molecule has 1 saturated carbocycles. The van der Waals surface area contributed by atoms with Crippen LogP contribution in [0.5, 0.6) is 0 Å². The van der Waals surface area contributed by atoms with Gasteiger partial charge < -0.3 is 10.2 Å². The molecule has 1 aromatic heterocycles. The number of fused-ring (bicyclic) bond motifs is 1. The number of nitrogens with one attached hydrogen (secondary N) is 1. The molecule has 1 aliphatic heterocycles. The van der Waals surface area contributed by atoms with Crippen molar-refractivity contribution in [2.24, 2.45) is 11.8 Å². The van der Waals surface area contributed by atoms with Crippen LogP contribution < -0.4 is 10.2 Å². The fraction of sp³-hybridized carbons (Fsp3) is 0.812. The molecule has 2 fully saturated rings. The van der Waals surface area contributed by atoms with Crippen LogP contribution >= 0.6 is 11.3 Å². The fourth-order valence-corrected chi connectivity index (χ4v) is 4.83. The third-order valence-electron chi connectivity index (χ3n) is 4.81. The monoisotopic (exact) mass is 293 g/mol. The Morgan fingerprint density at radius 2 is 2.00 bits per heavy atom. The summed E-state index contributed by atoms with van der Waals surface area (Å²) in [6.07, 6.45) is 6.59. The van der Waals surface area contributed by atoms with Gasteiger partial charge in [-0.2, -0.15) is 0 Å². The molecule has 2 unspecified atom stereocenters. The Labute approximate surface area is 126 Å². The van der Waals surface area contributed by atoms with E-state index in [2.05, 4.69) is 24.1 Å². The largest absolute Gasteiger partial charge is 0.348 e. The molecule has 1 saturated heterocycles. The number of aryl methyl sites for hydroxylation is 1. The zero-order valence-corrected chi connectivity index (χ0v) is 13.6. The predicted molar refractivity (Wildman–Crippen MR) is 86.5 cm³/mol. The molecular weight excluding hydrogens is 266 g/mol. The molecule has 0 radical (unpaired) electrons. The molecule has 0 bridgehead atoms. The Balaban J connectivity index is 1.67. The number of rotatable bonds is 6. The van der Waals surface area contributed by atoms with E-state index in [1.54, 1.807) is 0 Å². The Bertz CT molecular complexity index is 431. The van der Waals surface area contributed by atoms with Crippen molar-refractivity contribution >= 4 is 16.5 Å². The molecule has 2 aliphatic rings. The van der Waals surface area contributed by atoms with E-state index in [-0.39, 0.29) is 0 Å². The first-order valence-corrected chi connectivity index (χ1v) is 9.07. The second-order valence-corrected chi connectivity index (χ2v) is 7.31. The molecule has 20 heavy (non-hydrogen) atoms. The van der Waals surface area contributed by atoms with Crippen molar-refractivity contribution in [1.29, 1.82) is 0 Å². The molecular formula is C16H27N3S. The second kappa shape index (κ2) is 6.44. The highest BCUT2D eigenvalue weighted by molar-refractivity contribution is 7.15. The van der Waals surface area contributed by atoms with Gasteiger partial charge in [-0.25, -0.2) is 4.98 Å². The summed E-state index contributed by atoms with van der Waals surface area (Å²) < 4.78 is 0. The third-order valence-corrected chi connectivity index (χ3v) is 5.97. The lowest BCUT2D eigenvalue weighted by atomic mass is 10.0. The zero-order valence-electron chi connectivity index (χ0n) is 12.8. The Hall–Kier alpha value is -0.610. The van der Waals surface area contributed by atoms with Crippen LogP contribution in [0.15, 0.2) is 0 Å². The summed E-state index contributed by atoms with van der Waals surface area (Å²) in [6.45, 7) is 9.04. The molecule has 2 heterocycles. The van der Waals surface area contributed by atoms with E-state index < -0.39 is 0 Å². The van der Waals surface area contributed by atoms with Crippen molar-refractivity contribution in [3.63, 3.8) is 0 Å². The van der Waals surface area contributed by atoms with Crippen LogP contribution in [0.25, 0.3) is 0 Å². The van der Waals surface area contributed by atoms with Crippen molar-refractivity contribution in [2.45, 2.75) is 52.5 Å². The highest BCUT2D eigenvalue weighted by atomic mass is 32.1. The highest BCUT2D eigenvalue weighted by Crippen LogP contribution is 2.40. The van der Waals surface area contributed by atoms with Gasteiger partial charge in [0, 0.05) is 24.5 Å². The van der Waals surface area contributed by atoms with E-state index >= 15 is 0 Å². The van der Waals surface area contributed by atoms with Crippen LogP contribution in [0.1, 0.15) is 50.1 Å². The zero-order chi connectivity index (χ0) is 13.9. The van der Waals surface area contributed by atoms with Crippen molar-refractivity contribution in [3.05, 3.63) is 10.6 Å². The molecule has 0 amide bonds. The van der Waals surface area contributed by atoms with Gasteiger partial charge in [-0.3, -0.25) is 0 Å². The first kappa shape index (κ1) is 14.3. The summed E-state index contributed by atoms with van der Waals surface area (Å²) in [5, 5.41) is 4.80. The van der Waals surface area contributed by atoms with Crippen LogP contribution in [0, 0.1) is 11.8 Å². The van der Waals surface area contributed by atoms with Gasteiger partial charge in [-0.15, -0.1) is 11.3 Å². The van der Waals surface area contributed by atoms with Crippen molar-refractivity contribution in [2.75, 3.05) is 24.5 Å². The summed E-state index contributed by atoms with van der Waals surface area (Å²) in [7, 11) is 0. The Morgan fingerprint density at radius 3 is 2.65 bits per heavy atom. The van der Waals surface area contributed by atoms with E-state index in [4.69, 9.17) is 4.98 Å². The van der Waals surface area contributed by atoms with E-state index in [9.17, 15) is 0 Å². The summed E-state index contributed by atoms with van der Waals surface area (Å²) >= 11 is 1.92. The predicted octanol–water partition coefficient (Wildman–Crippen LogP) is 3.44. The molecule has 3 rings (SSSR count). The van der Waals surface area contributed by atoms with Gasteiger partial charge >= 0.3 is 0 Å². The molecule has 0 spiro atoms. The number of nitrogens with zero attached hydrogens (tertiary/aromatic N) is 2. The molecule has 1 N–H and O–H groups in total. The van der Waals surface area contributed by atoms with Gasteiger partial charge in [0.25, 0.3) is 0 Å². The van der Waals surface area contributed by atoms with Crippen LogP contribution in [-0.4, -0.2) is 24.6 Å². The second-order valence-electron chi connectivity index (χ2n) is 6.25. The summed E-state index contributed by atoms with van der Waals surface area (Å²) in [5.41, 5.74) is 1.31.